The van der Waals surface area contributed by atoms with Gasteiger partial charge in [-0.25, -0.2) is 0 Å². The van der Waals surface area contributed by atoms with E-state index in [1.165, 1.54) is 0 Å². The van der Waals surface area contributed by atoms with Crippen LogP contribution in [-0.2, 0) is 11.3 Å². The Morgan fingerprint density at radius 2 is 2.00 bits per heavy atom. The third-order valence-electron chi connectivity index (χ3n) is 3.71. The molecule has 0 aliphatic rings. The molecule has 0 aliphatic heterocycles. The van der Waals surface area contributed by atoms with Gasteiger partial charge in [-0.05, 0) is 66.0 Å². The van der Waals surface area contributed by atoms with Gasteiger partial charge in [-0.15, -0.1) is 0 Å². The molecule has 0 unspecified atom stereocenters. The maximum Gasteiger partial charge on any atom is 0.255 e. The fraction of sp³-hybridized carbons (Fsp3) is 0.381. The van der Waals surface area contributed by atoms with Crippen LogP contribution in [0, 0.1) is 0 Å². The predicted molar refractivity (Wildman–Crippen MR) is 111 cm³/mol. The summed E-state index contributed by atoms with van der Waals surface area (Å²) in [7, 11) is 1.56. The summed E-state index contributed by atoms with van der Waals surface area (Å²) in [6, 6.07) is 11.0. The Hall–Kier alpha value is -2.05. The van der Waals surface area contributed by atoms with Gasteiger partial charge in [0.2, 0.25) is 0 Å². The van der Waals surface area contributed by atoms with E-state index in [0.717, 1.165) is 12.0 Å². The first-order valence-electron chi connectivity index (χ1n) is 8.96. The maximum absolute atomic E-state index is 12.7. The molecule has 0 saturated heterocycles. The summed E-state index contributed by atoms with van der Waals surface area (Å²) in [5, 5.41) is 2.92. The minimum atomic E-state index is -0.224. The highest BCUT2D eigenvalue weighted by atomic mass is 79.9. The number of halogens is 1. The monoisotopic (exact) mass is 435 g/mol. The van der Waals surface area contributed by atoms with Crippen molar-refractivity contribution in [1.29, 1.82) is 0 Å². The molecule has 2 aromatic rings. The van der Waals surface area contributed by atoms with Crippen molar-refractivity contribution in [2.45, 2.75) is 39.9 Å². The van der Waals surface area contributed by atoms with Crippen molar-refractivity contribution in [2.75, 3.05) is 19.0 Å². The molecule has 2 rings (SSSR count). The van der Waals surface area contributed by atoms with Gasteiger partial charge in [-0.2, -0.15) is 0 Å². The van der Waals surface area contributed by atoms with E-state index in [2.05, 4.69) is 21.2 Å². The van der Waals surface area contributed by atoms with Gasteiger partial charge in [0.15, 0.2) is 11.5 Å². The van der Waals surface area contributed by atoms with Gasteiger partial charge >= 0.3 is 0 Å². The van der Waals surface area contributed by atoms with Gasteiger partial charge in [0.25, 0.3) is 5.91 Å². The summed E-state index contributed by atoms with van der Waals surface area (Å²) < 4.78 is 17.4. The number of hydrogen-bond donors (Lipinski definition) is 1. The van der Waals surface area contributed by atoms with Gasteiger partial charge < -0.3 is 19.5 Å². The zero-order chi connectivity index (χ0) is 19.8. The molecule has 1 amide bonds. The summed E-state index contributed by atoms with van der Waals surface area (Å²) in [6.45, 7) is 7.09. The quantitative estimate of drug-likeness (QED) is 0.570. The second kappa shape index (κ2) is 10.3. The highest BCUT2D eigenvalue weighted by molar-refractivity contribution is 9.10. The lowest BCUT2D eigenvalue weighted by Crippen LogP contribution is -2.13. The number of carbonyl (C=O) groups excluding carboxylic acids is 1. The number of rotatable bonds is 9. The van der Waals surface area contributed by atoms with Crippen LogP contribution in [0.15, 0.2) is 40.9 Å². The molecule has 2 aromatic carbocycles. The third kappa shape index (κ3) is 6.26. The SMILES string of the molecule is CCCOc1c(Br)cc(C(=O)Nc2cccc(COC(C)C)c2)cc1OC. The Balaban J connectivity index is 2.16. The molecule has 0 heterocycles. The Bertz CT molecular complexity index is 777. The molecule has 0 saturated carbocycles. The van der Waals surface area contributed by atoms with Crippen molar-refractivity contribution in [3.63, 3.8) is 0 Å². The van der Waals surface area contributed by atoms with E-state index in [9.17, 15) is 4.79 Å². The number of nitrogens with one attached hydrogen (secondary N) is 1. The van der Waals surface area contributed by atoms with Crippen LogP contribution in [0.3, 0.4) is 0 Å². The van der Waals surface area contributed by atoms with Crippen LogP contribution in [-0.4, -0.2) is 25.7 Å². The molecule has 0 bridgehead atoms. The van der Waals surface area contributed by atoms with Crippen LogP contribution >= 0.6 is 15.9 Å². The van der Waals surface area contributed by atoms with Crippen LogP contribution in [0.25, 0.3) is 0 Å². The molecule has 0 aromatic heterocycles. The number of carbonyl (C=O) groups is 1. The fourth-order valence-electron chi connectivity index (χ4n) is 2.40. The lowest BCUT2D eigenvalue weighted by Gasteiger charge is -2.14. The molecule has 0 atom stereocenters. The third-order valence-corrected chi connectivity index (χ3v) is 4.30. The molecule has 0 spiro atoms. The summed E-state index contributed by atoms with van der Waals surface area (Å²) >= 11 is 3.47. The van der Waals surface area contributed by atoms with Crippen molar-refractivity contribution < 1.29 is 19.0 Å². The number of methoxy groups -OCH3 is 1. The summed E-state index contributed by atoms with van der Waals surface area (Å²) in [5.74, 6) is 0.892. The number of anilines is 1. The topological polar surface area (TPSA) is 56.8 Å². The number of amides is 1. The molecule has 0 radical (unpaired) electrons. The van der Waals surface area contributed by atoms with E-state index in [1.54, 1.807) is 19.2 Å². The van der Waals surface area contributed by atoms with Crippen molar-refractivity contribution >= 4 is 27.5 Å². The van der Waals surface area contributed by atoms with Crippen LogP contribution in [0.4, 0.5) is 5.69 Å². The smallest absolute Gasteiger partial charge is 0.255 e. The van der Waals surface area contributed by atoms with Gasteiger partial charge in [0.1, 0.15) is 0 Å². The van der Waals surface area contributed by atoms with Gasteiger partial charge in [-0.1, -0.05) is 19.1 Å². The first-order valence-corrected chi connectivity index (χ1v) is 9.76. The number of ether oxygens (including phenoxy) is 3. The van der Waals surface area contributed by atoms with Crippen LogP contribution < -0.4 is 14.8 Å². The van der Waals surface area contributed by atoms with E-state index in [0.29, 0.717) is 40.4 Å². The molecule has 5 nitrogen and oxygen atoms in total. The van der Waals surface area contributed by atoms with Gasteiger partial charge in [0, 0.05) is 11.3 Å². The van der Waals surface area contributed by atoms with Crippen LogP contribution in [0.2, 0.25) is 0 Å². The van der Waals surface area contributed by atoms with E-state index >= 15 is 0 Å². The Kier molecular flexibility index (Phi) is 8.13. The molecule has 1 N–H and O–H groups in total. The lowest BCUT2D eigenvalue weighted by atomic mass is 10.1. The van der Waals surface area contributed by atoms with Crippen molar-refractivity contribution in [1.82, 2.24) is 0 Å². The van der Waals surface area contributed by atoms with Crippen molar-refractivity contribution in [3.05, 3.63) is 52.0 Å². The fourth-order valence-corrected chi connectivity index (χ4v) is 2.96. The summed E-state index contributed by atoms with van der Waals surface area (Å²) in [5.41, 5.74) is 2.20. The number of hydrogen-bond acceptors (Lipinski definition) is 4. The second-order valence-corrected chi connectivity index (χ2v) is 7.21. The first-order chi connectivity index (χ1) is 12.9. The van der Waals surface area contributed by atoms with Crippen molar-refractivity contribution in [3.8, 4) is 11.5 Å². The average molecular weight is 436 g/mol. The van der Waals surface area contributed by atoms with E-state index < -0.39 is 0 Å². The molecule has 146 valence electrons. The zero-order valence-electron chi connectivity index (χ0n) is 16.2. The molecule has 0 fully saturated rings. The van der Waals surface area contributed by atoms with Gasteiger partial charge in [0.05, 0.1) is 30.9 Å². The van der Waals surface area contributed by atoms with E-state index in [1.807, 2.05) is 45.0 Å². The molecular formula is C21H26BrNO4. The standard InChI is InChI=1S/C21H26BrNO4/c1-5-9-26-20-18(22)11-16(12-19(20)25-4)21(24)23-17-8-6-7-15(10-17)13-27-14(2)3/h6-8,10-12,14H,5,9,13H2,1-4H3,(H,23,24). The normalized spacial score (nSPS) is 10.7. The highest BCUT2D eigenvalue weighted by Gasteiger charge is 2.16. The van der Waals surface area contributed by atoms with E-state index in [4.69, 9.17) is 14.2 Å². The minimum absolute atomic E-state index is 0.154. The molecule has 0 aliphatic carbocycles. The first kappa shape index (κ1) is 21.3. The average Bonchev–Trinajstić information content (AvgIpc) is 2.65. The summed E-state index contributed by atoms with van der Waals surface area (Å²) in [4.78, 5) is 12.7. The molecule has 27 heavy (non-hydrogen) atoms. The Morgan fingerprint density at radius 3 is 2.67 bits per heavy atom. The van der Waals surface area contributed by atoms with Crippen LogP contribution in [0.1, 0.15) is 43.1 Å². The minimum Gasteiger partial charge on any atom is -0.493 e. The largest absolute Gasteiger partial charge is 0.493 e. The Labute approximate surface area is 169 Å². The van der Waals surface area contributed by atoms with E-state index in [-0.39, 0.29) is 12.0 Å². The lowest BCUT2D eigenvalue weighted by molar-refractivity contribution is 0.0657. The number of benzene rings is 2. The Morgan fingerprint density at radius 1 is 1.22 bits per heavy atom. The molecular weight excluding hydrogens is 410 g/mol. The summed E-state index contributed by atoms with van der Waals surface area (Å²) in [6.07, 6.45) is 1.04. The molecule has 6 heteroatoms. The van der Waals surface area contributed by atoms with Crippen LogP contribution in [0.5, 0.6) is 11.5 Å². The highest BCUT2D eigenvalue weighted by Crippen LogP contribution is 2.37. The second-order valence-electron chi connectivity index (χ2n) is 6.35. The zero-order valence-corrected chi connectivity index (χ0v) is 17.8. The maximum atomic E-state index is 12.7. The van der Waals surface area contributed by atoms with Crippen molar-refractivity contribution in [2.24, 2.45) is 0 Å². The van der Waals surface area contributed by atoms with Gasteiger partial charge in [-0.3, -0.25) is 4.79 Å². The predicted octanol–water partition coefficient (Wildman–Crippen LogP) is 5.42.